The van der Waals surface area contributed by atoms with Crippen molar-refractivity contribution in [3.63, 3.8) is 0 Å². The smallest absolute Gasteiger partial charge is 0.325 e. The lowest BCUT2D eigenvalue weighted by Crippen LogP contribution is -2.38. The van der Waals surface area contributed by atoms with Crippen LogP contribution in [0, 0.1) is 0 Å². The number of carbonyl (C=O) groups is 3. The Bertz CT molecular complexity index is 568. The number of esters is 1. The Hall–Kier alpha value is -2.57. The fourth-order valence-corrected chi connectivity index (χ4v) is 2.49. The molecular weight excluding hydrogens is 324 g/mol. The van der Waals surface area contributed by atoms with Crippen LogP contribution in [-0.2, 0) is 19.1 Å². The minimum atomic E-state index is -0.642. The Morgan fingerprint density at radius 1 is 0.960 bits per heavy atom. The Balaban J connectivity index is 1.59. The first-order chi connectivity index (χ1) is 12.1. The van der Waals surface area contributed by atoms with Crippen LogP contribution in [0.5, 0.6) is 5.75 Å². The Labute approximate surface area is 147 Å². The van der Waals surface area contributed by atoms with E-state index in [1.54, 1.807) is 29.2 Å². The van der Waals surface area contributed by atoms with Crippen molar-refractivity contribution in [3.05, 3.63) is 30.3 Å². The van der Waals surface area contributed by atoms with Gasteiger partial charge >= 0.3 is 5.97 Å². The summed E-state index contributed by atoms with van der Waals surface area (Å²) in [4.78, 5) is 37.0. The third kappa shape index (κ3) is 7.24. The van der Waals surface area contributed by atoms with Crippen LogP contribution in [0.1, 0.15) is 25.7 Å². The molecule has 0 aromatic heterocycles. The second-order valence-corrected chi connectivity index (χ2v) is 5.83. The van der Waals surface area contributed by atoms with Gasteiger partial charge in [-0.2, -0.15) is 0 Å². The number of amides is 2. The van der Waals surface area contributed by atoms with Gasteiger partial charge in [-0.05, 0) is 25.0 Å². The van der Waals surface area contributed by atoms with Gasteiger partial charge in [0.25, 0.3) is 11.8 Å². The van der Waals surface area contributed by atoms with Crippen LogP contribution < -0.4 is 10.1 Å². The largest absolute Gasteiger partial charge is 0.484 e. The second kappa shape index (κ2) is 10.3. The molecule has 0 aliphatic carbocycles. The summed E-state index contributed by atoms with van der Waals surface area (Å²) in [6, 6.07) is 8.90. The van der Waals surface area contributed by atoms with Crippen LogP contribution in [0.25, 0.3) is 0 Å². The second-order valence-electron chi connectivity index (χ2n) is 5.83. The molecule has 7 heteroatoms. The van der Waals surface area contributed by atoms with E-state index in [0.29, 0.717) is 18.8 Å². The molecule has 0 unspecified atom stereocenters. The van der Waals surface area contributed by atoms with Crippen LogP contribution in [0.2, 0.25) is 0 Å². The summed E-state index contributed by atoms with van der Waals surface area (Å²) < 4.78 is 10.2. The van der Waals surface area contributed by atoms with Crippen LogP contribution in [0.3, 0.4) is 0 Å². The standard InChI is InChI=1S/C18H24N2O5/c21-16(13-24-15-8-4-3-5-9-15)19-12-18(23)25-14-17(22)20-10-6-1-2-7-11-20/h3-5,8-9H,1-2,6-7,10-14H2,(H,19,21). The Morgan fingerprint density at radius 2 is 1.64 bits per heavy atom. The van der Waals surface area contributed by atoms with E-state index in [1.807, 2.05) is 6.07 Å². The molecule has 0 atom stereocenters. The van der Waals surface area contributed by atoms with Gasteiger partial charge in [-0.1, -0.05) is 31.0 Å². The summed E-state index contributed by atoms with van der Waals surface area (Å²) in [5, 5.41) is 2.40. The monoisotopic (exact) mass is 348 g/mol. The molecule has 0 bridgehead atoms. The molecule has 1 heterocycles. The van der Waals surface area contributed by atoms with Gasteiger partial charge in [-0.15, -0.1) is 0 Å². The zero-order chi connectivity index (χ0) is 17.9. The molecule has 0 radical (unpaired) electrons. The molecule has 1 N–H and O–H groups in total. The molecule has 0 saturated carbocycles. The highest BCUT2D eigenvalue weighted by atomic mass is 16.5. The molecule has 7 nitrogen and oxygen atoms in total. The molecular formula is C18H24N2O5. The first-order valence-corrected chi connectivity index (χ1v) is 8.53. The number of rotatable bonds is 7. The predicted molar refractivity (Wildman–Crippen MR) is 91.0 cm³/mol. The summed E-state index contributed by atoms with van der Waals surface area (Å²) in [6.45, 7) is 0.664. The van der Waals surface area contributed by atoms with E-state index in [4.69, 9.17) is 9.47 Å². The van der Waals surface area contributed by atoms with Gasteiger partial charge in [-0.25, -0.2) is 0 Å². The molecule has 1 aliphatic rings. The van der Waals surface area contributed by atoms with Gasteiger partial charge in [0.05, 0.1) is 0 Å². The van der Waals surface area contributed by atoms with E-state index >= 15 is 0 Å². The van der Waals surface area contributed by atoms with E-state index in [0.717, 1.165) is 25.7 Å². The third-order valence-electron chi connectivity index (χ3n) is 3.86. The van der Waals surface area contributed by atoms with E-state index in [9.17, 15) is 14.4 Å². The van der Waals surface area contributed by atoms with Crippen molar-refractivity contribution >= 4 is 17.8 Å². The first kappa shape index (κ1) is 18.8. The average molecular weight is 348 g/mol. The number of hydrogen-bond acceptors (Lipinski definition) is 5. The van der Waals surface area contributed by atoms with Gasteiger partial charge in [0.15, 0.2) is 13.2 Å². The quantitative estimate of drug-likeness (QED) is 0.747. The van der Waals surface area contributed by atoms with E-state index in [-0.39, 0.29) is 25.7 Å². The van der Waals surface area contributed by atoms with Crippen molar-refractivity contribution in [2.24, 2.45) is 0 Å². The fourth-order valence-electron chi connectivity index (χ4n) is 2.49. The molecule has 0 spiro atoms. The number of para-hydroxylation sites is 1. The molecule has 1 aromatic rings. The highest BCUT2D eigenvalue weighted by Gasteiger charge is 2.17. The first-order valence-electron chi connectivity index (χ1n) is 8.53. The van der Waals surface area contributed by atoms with Crippen molar-refractivity contribution in [1.29, 1.82) is 0 Å². The molecule has 1 saturated heterocycles. The minimum Gasteiger partial charge on any atom is -0.484 e. The maximum absolute atomic E-state index is 12.0. The third-order valence-corrected chi connectivity index (χ3v) is 3.86. The number of benzene rings is 1. The van der Waals surface area contributed by atoms with Crippen molar-refractivity contribution < 1.29 is 23.9 Å². The van der Waals surface area contributed by atoms with Crippen molar-refractivity contribution in [2.75, 3.05) is 32.8 Å². The summed E-state index contributed by atoms with van der Waals surface area (Å²) >= 11 is 0. The fraction of sp³-hybridized carbons (Fsp3) is 0.500. The number of ether oxygens (including phenoxy) is 2. The van der Waals surface area contributed by atoms with Crippen LogP contribution >= 0.6 is 0 Å². The summed E-state index contributed by atoms with van der Waals surface area (Å²) in [7, 11) is 0. The molecule has 1 fully saturated rings. The van der Waals surface area contributed by atoms with Gasteiger partial charge in [0, 0.05) is 13.1 Å². The van der Waals surface area contributed by atoms with Crippen molar-refractivity contribution in [2.45, 2.75) is 25.7 Å². The summed E-state index contributed by atoms with van der Waals surface area (Å²) in [5.74, 6) is -0.687. The summed E-state index contributed by atoms with van der Waals surface area (Å²) in [5.41, 5.74) is 0. The Kier molecular flexibility index (Phi) is 7.75. The number of nitrogens with one attached hydrogen (secondary N) is 1. The number of likely N-dealkylation sites (tertiary alicyclic amines) is 1. The molecule has 2 amide bonds. The zero-order valence-corrected chi connectivity index (χ0v) is 14.2. The number of carbonyl (C=O) groups excluding carboxylic acids is 3. The SMILES string of the molecule is O=C(COc1ccccc1)NCC(=O)OCC(=O)N1CCCCCC1. The maximum Gasteiger partial charge on any atom is 0.325 e. The van der Waals surface area contributed by atoms with Gasteiger partial charge in [0.2, 0.25) is 0 Å². The van der Waals surface area contributed by atoms with Crippen LogP contribution in [0.4, 0.5) is 0 Å². The normalized spacial score (nSPS) is 14.3. The van der Waals surface area contributed by atoms with Crippen LogP contribution in [0.15, 0.2) is 30.3 Å². The number of hydrogen-bond donors (Lipinski definition) is 1. The molecule has 1 aliphatic heterocycles. The highest BCUT2D eigenvalue weighted by Crippen LogP contribution is 2.10. The van der Waals surface area contributed by atoms with Crippen molar-refractivity contribution in [3.8, 4) is 5.75 Å². The molecule has 1 aromatic carbocycles. The summed E-state index contributed by atoms with van der Waals surface area (Å²) in [6.07, 6.45) is 4.22. The van der Waals surface area contributed by atoms with E-state index in [2.05, 4.69) is 5.32 Å². The topological polar surface area (TPSA) is 84.9 Å². The highest BCUT2D eigenvalue weighted by molar-refractivity contribution is 5.84. The van der Waals surface area contributed by atoms with Gasteiger partial charge < -0.3 is 19.7 Å². The molecule has 136 valence electrons. The number of nitrogens with zero attached hydrogens (tertiary/aromatic N) is 1. The zero-order valence-electron chi connectivity index (χ0n) is 14.2. The van der Waals surface area contributed by atoms with Crippen molar-refractivity contribution in [1.82, 2.24) is 10.2 Å². The average Bonchev–Trinajstić information content (AvgIpc) is 2.93. The minimum absolute atomic E-state index is 0.186. The van der Waals surface area contributed by atoms with E-state index < -0.39 is 11.9 Å². The molecule has 2 rings (SSSR count). The predicted octanol–water partition coefficient (Wildman–Crippen LogP) is 1.13. The van der Waals surface area contributed by atoms with Gasteiger partial charge in [0.1, 0.15) is 12.3 Å². The Morgan fingerprint density at radius 3 is 2.32 bits per heavy atom. The lowest BCUT2D eigenvalue weighted by Gasteiger charge is -2.19. The lowest BCUT2D eigenvalue weighted by molar-refractivity contribution is -0.151. The van der Waals surface area contributed by atoms with Crippen LogP contribution in [-0.4, -0.2) is 55.5 Å². The van der Waals surface area contributed by atoms with E-state index in [1.165, 1.54) is 0 Å². The van der Waals surface area contributed by atoms with Gasteiger partial charge in [-0.3, -0.25) is 14.4 Å². The lowest BCUT2D eigenvalue weighted by atomic mass is 10.2. The molecule has 25 heavy (non-hydrogen) atoms. The maximum atomic E-state index is 12.0.